The van der Waals surface area contributed by atoms with Gasteiger partial charge < -0.3 is 4.74 Å². The molecule has 0 aromatic heterocycles. The first kappa shape index (κ1) is 21.6. The molecule has 0 heterocycles. The number of ether oxygens (including phenoxy) is 1. The van der Waals surface area contributed by atoms with Gasteiger partial charge in [-0.05, 0) is 53.5 Å². The average molecular weight is 415 g/mol. The molecule has 6 heteroatoms. The van der Waals surface area contributed by atoms with Crippen molar-refractivity contribution in [2.24, 2.45) is 0 Å². The van der Waals surface area contributed by atoms with E-state index >= 15 is 0 Å². The van der Waals surface area contributed by atoms with Gasteiger partial charge in [0.2, 0.25) is 0 Å². The number of nitro benzene ring substituents is 1. The van der Waals surface area contributed by atoms with Crippen LogP contribution in [0, 0.1) is 10.1 Å². The summed E-state index contributed by atoms with van der Waals surface area (Å²) in [6, 6.07) is 19.5. The molecule has 0 saturated heterocycles. The fourth-order valence-electron chi connectivity index (χ4n) is 2.86. The molecule has 156 valence electrons. The van der Waals surface area contributed by atoms with Gasteiger partial charge in [-0.2, -0.15) is 0 Å². The van der Waals surface area contributed by atoms with Gasteiger partial charge >= 0.3 is 5.97 Å². The van der Waals surface area contributed by atoms with Gasteiger partial charge in [-0.15, -0.1) is 0 Å². The summed E-state index contributed by atoms with van der Waals surface area (Å²) in [7, 11) is 0. The molecule has 6 nitrogen and oxygen atoms in total. The fraction of sp³-hybridized carbons (Fsp3) is 0.120. The van der Waals surface area contributed by atoms with Crippen LogP contribution >= 0.6 is 0 Å². The van der Waals surface area contributed by atoms with Crippen LogP contribution in [0.1, 0.15) is 51.6 Å². The minimum atomic E-state index is -0.715. The molecule has 3 aromatic carbocycles. The molecule has 0 aliphatic heterocycles. The molecular weight excluding hydrogens is 394 g/mol. The third kappa shape index (κ3) is 5.73. The number of rotatable bonds is 7. The average Bonchev–Trinajstić information content (AvgIpc) is 2.78. The van der Waals surface area contributed by atoms with E-state index in [1.165, 1.54) is 42.0 Å². The van der Waals surface area contributed by atoms with E-state index in [2.05, 4.69) is 13.8 Å². The topological polar surface area (TPSA) is 86.5 Å². The van der Waals surface area contributed by atoms with Gasteiger partial charge in [0.15, 0.2) is 5.78 Å². The molecule has 0 N–H and O–H groups in total. The number of nitro groups is 1. The van der Waals surface area contributed by atoms with Crippen molar-refractivity contribution < 1.29 is 19.2 Å². The quantitative estimate of drug-likeness (QED) is 0.121. The fourth-order valence-corrected chi connectivity index (χ4v) is 2.86. The number of non-ortho nitro benzene ring substituents is 1. The Morgan fingerprint density at radius 1 is 0.935 bits per heavy atom. The second kappa shape index (κ2) is 9.63. The van der Waals surface area contributed by atoms with Gasteiger partial charge in [0, 0.05) is 17.7 Å². The zero-order chi connectivity index (χ0) is 22.4. The highest BCUT2D eigenvalue weighted by Crippen LogP contribution is 2.19. The largest absolute Gasteiger partial charge is 0.423 e. The molecule has 3 aromatic rings. The normalized spacial score (nSPS) is 10.9. The molecule has 0 aliphatic carbocycles. The first-order valence-electron chi connectivity index (χ1n) is 9.72. The first-order valence-corrected chi connectivity index (χ1v) is 9.72. The van der Waals surface area contributed by atoms with Gasteiger partial charge in [0.25, 0.3) is 5.69 Å². The van der Waals surface area contributed by atoms with Gasteiger partial charge in [0.05, 0.1) is 10.5 Å². The predicted octanol–water partition coefficient (Wildman–Crippen LogP) is 5.83. The summed E-state index contributed by atoms with van der Waals surface area (Å²) in [6.07, 6.45) is 3.25. The van der Waals surface area contributed by atoms with E-state index in [1.54, 1.807) is 18.2 Å². The van der Waals surface area contributed by atoms with E-state index in [4.69, 9.17) is 4.74 Å². The van der Waals surface area contributed by atoms with Crippen LogP contribution in [0.15, 0.2) is 78.9 Å². The van der Waals surface area contributed by atoms with Crippen LogP contribution in [0.2, 0.25) is 0 Å². The van der Waals surface area contributed by atoms with Crippen molar-refractivity contribution in [2.45, 2.75) is 19.8 Å². The van der Waals surface area contributed by atoms with E-state index in [0.717, 1.165) is 11.6 Å². The molecule has 0 bridgehead atoms. The van der Waals surface area contributed by atoms with Crippen LogP contribution in [-0.4, -0.2) is 16.7 Å². The minimum Gasteiger partial charge on any atom is -0.423 e. The van der Waals surface area contributed by atoms with Crippen molar-refractivity contribution >= 4 is 23.5 Å². The molecule has 0 aliphatic rings. The van der Waals surface area contributed by atoms with Crippen molar-refractivity contribution in [2.75, 3.05) is 0 Å². The molecule has 3 rings (SSSR count). The van der Waals surface area contributed by atoms with Gasteiger partial charge in [-0.3, -0.25) is 14.9 Å². The number of carbonyl (C=O) groups is 2. The van der Waals surface area contributed by atoms with Crippen LogP contribution < -0.4 is 4.74 Å². The Hall–Kier alpha value is -4.06. The molecule has 0 amide bonds. The van der Waals surface area contributed by atoms with Crippen molar-refractivity contribution in [3.63, 3.8) is 0 Å². The number of hydrogen-bond donors (Lipinski definition) is 0. The highest BCUT2D eigenvalue weighted by molar-refractivity contribution is 6.06. The number of allylic oxidation sites excluding steroid dienone is 1. The summed E-state index contributed by atoms with van der Waals surface area (Å²) in [5.41, 5.74) is 2.49. The smallest absolute Gasteiger partial charge is 0.343 e. The van der Waals surface area contributed by atoms with Crippen molar-refractivity contribution in [3.05, 3.63) is 111 Å². The summed E-state index contributed by atoms with van der Waals surface area (Å²) >= 11 is 0. The number of ketones is 1. The summed E-state index contributed by atoms with van der Waals surface area (Å²) < 4.78 is 5.24. The maximum absolute atomic E-state index is 12.4. The SMILES string of the molecule is CC(C)c1ccc(/C=C/C(=O)c2ccc(OC(=O)c3cccc([N+](=O)[O-])c3)cc2)cc1. The Labute approximate surface area is 180 Å². The van der Waals surface area contributed by atoms with Crippen LogP contribution in [-0.2, 0) is 0 Å². The van der Waals surface area contributed by atoms with Crippen LogP contribution in [0.25, 0.3) is 6.08 Å². The second-order valence-corrected chi connectivity index (χ2v) is 7.24. The van der Waals surface area contributed by atoms with Crippen LogP contribution in [0.3, 0.4) is 0 Å². The lowest BCUT2D eigenvalue weighted by atomic mass is 10.0. The first-order chi connectivity index (χ1) is 14.8. The molecular formula is C25H21NO5. The number of carbonyl (C=O) groups excluding carboxylic acids is 2. The summed E-state index contributed by atoms with van der Waals surface area (Å²) in [4.78, 5) is 34.9. The van der Waals surface area contributed by atoms with Gasteiger partial charge in [0.1, 0.15) is 5.75 Å². The Bertz CT molecular complexity index is 1130. The van der Waals surface area contributed by atoms with E-state index in [1.807, 2.05) is 24.3 Å². The highest BCUT2D eigenvalue weighted by atomic mass is 16.6. The predicted molar refractivity (Wildman–Crippen MR) is 118 cm³/mol. The van der Waals surface area contributed by atoms with Crippen molar-refractivity contribution in [3.8, 4) is 5.75 Å². The molecule has 0 radical (unpaired) electrons. The number of nitrogens with zero attached hydrogens (tertiary/aromatic N) is 1. The summed E-state index contributed by atoms with van der Waals surface area (Å²) in [5.74, 6) is -0.206. The van der Waals surface area contributed by atoms with Crippen molar-refractivity contribution in [1.29, 1.82) is 0 Å². The Kier molecular flexibility index (Phi) is 6.72. The lowest BCUT2D eigenvalue weighted by Crippen LogP contribution is -2.09. The molecule has 0 atom stereocenters. The lowest BCUT2D eigenvalue weighted by Gasteiger charge is -2.05. The third-order valence-electron chi connectivity index (χ3n) is 4.67. The maximum atomic E-state index is 12.4. The third-order valence-corrected chi connectivity index (χ3v) is 4.67. The number of hydrogen-bond acceptors (Lipinski definition) is 5. The monoisotopic (exact) mass is 415 g/mol. The highest BCUT2D eigenvalue weighted by Gasteiger charge is 2.13. The zero-order valence-electron chi connectivity index (χ0n) is 17.1. The van der Waals surface area contributed by atoms with Crippen LogP contribution in [0.5, 0.6) is 5.75 Å². The van der Waals surface area contributed by atoms with Gasteiger partial charge in [-0.1, -0.05) is 50.3 Å². The maximum Gasteiger partial charge on any atom is 0.343 e. The zero-order valence-corrected chi connectivity index (χ0v) is 17.1. The van der Waals surface area contributed by atoms with E-state index in [0.29, 0.717) is 11.5 Å². The van der Waals surface area contributed by atoms with E-state index < -0.39 is 10.9 Å². The summed E-state index contributed by atoms with van der Waals surface area (Å²) in [6.45, 7) is 4.25. The van der Waals surface area contributed by atoms with Crippen LogP contribution in [0.4, 0.5) is 5.69 Å². The minimum absolute atomic E-state index is 0.0702. The summed E-state index contributed by atoms with van der Waals surface area (Å²) in [5, 5.41) is 10.8. The van der Waals surface area contributed by atoms with E-state index in [-0.39, 0.29) is 22.8 Å². The molecule has 0 unspecified atom stereocenters. The van der Waals surface area contributed by atoms with Gasteiger partial charge in [-0.25, -0.2) is 4.79 Å². The molecule has 0 fully saturated rings. The number of esters is 1. The van der Waals surface area contributed by atoms with Crippen molar-refractivity contribution in [1.82, 2.24) is 0 Å². The second-order valence-electron chi connectivity index (χ2n) is 7.24. The Morgan fingerprint density at radius 3 is 2.23 bits per heavy atom. The Morgan fingerprint density at radius 2 is 1.61 bits per heavy atom. The van der Waals surface area contributed by atoms with E-state index in [9.17, 15) is 19.7 Å². The Balaban J connectivity index is 1.64. The number of benzene rings is 3. The molecule has 0 saturated carbocycles. The molecule has 0 spiro atoms. The molecule has 31 heavy (non-hydrogen) atoms. The standard InChI is InChI=1S/C25H21NO5/c1-17(2)19-9-6-18(7-10-19)8-15-24(27)20-11-13-23(14-12-20)31-25(28)21-4-3-5-22(16-21)26(29)30/h3-17H,1-2H3/b15-8+. The lowest BCUT2D eigenvalue weighted by molar-refractivity contribution is -0.384.